The van der Waals surface area contributed by atoms with Crippen molar-refractivity contribution in [3.05, 3.63) is 71.4 Å². The predicted molar refractivity (Wildman–Crippen MR) is 88.9 cm³/mol. The molecule has 1 aliphatic rings. The Hall–Kier alpha value is -2.61. The van der Waals surface area contributed by atoms with Crippen LogP contribution in [0.1, 0.15) is 24.9 Å². The number of benzene rings is 2. The minimum atomic E-state index is -2.57. The zero-order valence-electron chi connectivity index (χ0n) is 17.8. The molecule has 4 rings (SSSR count). The standard InChI is InChI=1S/C20H17NO/c1-13-10-19(21-11-14(13)2)18-9-5-8-17-16-7-4-3-6-15(16)12-22-20(17)18/h3-11H,12H2,1-2H3/i1D3,2D3. The van der Waals surface area contributed by atoms with Gasteiger partial charge in [0.2, 0.25) is 0 Å². The Labute approximate surface area is 138 Å². The van der Waals surface area contributed by atoms with Crippen LogP contribution in [-0.2, 0) is 6.61 Å². The molecule has 2 heteroatoms. The fraction of sp³-hybridized carbons (Fsp3) is 0.150. The van der Waals surface area contributed by atoms with E-state index in [0.29, 0.717) is 23.6 Å². The molecule has 22 heavy (non-hydrogen) atoms. The molecule has 2 aromatic carbocycles. The van der Waals surface area contributed by atoms with E-state index in [1.165, 1.54) is 6.07 Å². The lowest BCUT2D eigenvalue weighted by Gasteiger charge is -2.23. The molecule has 0 radical (unpaired) electrons. The van der Waals surface area contributed by atoms with Crippen molar-refractivity contribution in [1.29, 1.82) is 0 Å². The van der Waals surface area contributed by atoms with E-state index >= 15 is 0 Å². The van der Waals surface area contributed by atoms with E-state index in [1.807, 2.05) is 36.4 Å². The van der Waals surface area contributed by atoms with Crippen LogP contribution in [0.25, 0.3) is 22.4 Å². The molecule has 0 unspecified atom stereocenters. The quantitative estimate of drug-likeness (QED) is 0.635. The number of ether oxygens (including phenoxy) is 1. The first-order valence-corrected chi connectivity index (χ1v) is 7.02. The smallest absolute Gasteiger partial charge is 0.137 e. The third-order valence-electron chi connectivity index (χ3n) is 3.87. The molecular formula is C20H17NO. The van der Waals surface area contributed by atoms with Crippen molar-refractivity contribution in [1.82, 2.24) is 4.98 Å². The molecule has 1 aromatic heterocycles. The van der Waals surface area contributed by atoms with Crippen molar-refractivity contribution >= 4 is 0 Å². The van der Waals surface area contributed by atoms with Crippen molar-refractivity contribution < 1.29 is 13.0 Å². The summed E-state index contributed by atoms with van der Waals surface area (Å²) in [7, 11) is 0. The third kappa shape index (κ3) is 2.00. The molecule has 1 aliphatic heterocycles. The third-order valence-corrected chi connectivity index (χ3v) is 3.87. The molecule has 0 saturated heterocycles. The number of pyridine rings is 1. The van der Waals surface area contributed by atoms with Gasteiger partial charge in [-0.2, -0.15) is 0 Å². The van der Waals surface area contributed by atoms with E-state index < -0.39 is 13.7 Å². The van der Waals surface area contributed by atoms with Crippen molar-refractivity contribution in [2.45, 2.75) is 20.3 Å². The number of rotatable bonds is 1. The maximum absolute atomic E-state index is 7.76. The van der Waals surface area contributed by atoms with Crippen LogP contribution < -0.4 is 4.74 Å². The SMILES string of the molecule is [2H]C([2H])([2H])c1cnc(-c2cccc3c2OCc2ccccc2-3)cc1C([2H])([2H])[2H]. The molecule has 0 N–H and O–H groups in total. The van der Waals surface area contributed by atoms with Gasteiger partial charge < -0.3 is 4.74 Å². The molecular weight excluding hydrogens is 270 g/mol. The average Bonchev–Trinajstić information content (AvgIpc) is 2.65. The fourth-order valence-electron chi connectivity index (χ4n) is 2.77. The van der Waals surface area contributed by atoms with E-state index in [-0.39, 0.29) is 11.1 Å². The topological polar surface area (TPSA) is 22.1 Å². The number of aryl methyl sites for hydroxylation is 2. The molecule has 0 amide bonds. The summed E-state index contributed by atoms with van der Waals surface area (Å²) in [6.07, 6.45) is 1.14. The maximum atomic E-state index is 7.76. The number of aromatic nitrogens is 1. The molecule has 0 saturated carbocycles. The zero-order valence-corrected chi connectivity index (χ0v) is 11.8. The van der Waals surface area contributed by atoms with Crippen molar-refractivity contribution in [3.63, 3.8) is 0 Å². The van der Waals surface area contributed by atoms with Crippen LogP contribution in [0.5, 0.6) is 5.75 Å². The van der Waals surface area contributed by atoms with Crippen LogP contribution >= 0.6 is 0 Å². The predicted octanol–water partition coefficient (Wildman–Crippen LogP) is 4.92. The van der Waals surface area contributed by atoms with Crippen molar-refractivity contribution in [2.75, 3.05) is 0 Å². The average molecular weight is 293 g/mol. The van der Waals surface area contributed by atoms with Crippen LogP contribution in [0.4, 0.5) is 0 Å². The summed E-state index contributed by atoms with van der Waals surface area (Å²) in [6, 6.07) is 14.9. The second-order valence-electron chi connectivity index (χ2n) is 5.24. The first-order valence-electron chi connectivity index (χ1n) is 10.0. The van der Waals surface area contributed by atoms with Gasteiger partial charge in [-0.15, -0.1) is 0 Å². The van der Waals surface area contributed by atoms with E-state index in [9.17, 15) is 0 Å². The highest BCUT2D eigenvalue weighted by atomic mass is 16.5. The summed E-state index contributed by atoms with van der Waals surface area (Å²) in [5.74, 6) is 0.617. The van der Waals surface area contributed by atoms with Crippen LogP contribution in [0.2, 0.25) is 0 Å². The van der Waals surface area contributed by atoms with E-state index in [1.54, 1.807) is 6.07 Å². The number of hydrogen-bond donors (Lipinski definition) is 0. The lowest BCUT2D eigenvalue weighted by molar-refractivity contribution is 0.303. The second-order valence-corrected chi connectivity index (χ2v) is 5.24. The van der Waals surface area contributed by atoms with Gasteiger partial charge in [0.25, 0.3) is 0 Å². The monoisotopic (exact) mass is 293 g/mol. The summed E-state index contributed by atoms with van der Waals surface area (Å²) in [4.78, 5) is 4.26. The Morgan fingerprint density at radius 3 is 2.68 bits per heavy atom. The summed E-state index contributed by atoms with van der Waals surface area (Å²) in [5.41, 5.74) is 3.56. The molecule has 2 nitrogen and oxygen atoms in total. The van der Waals surface area contributed by atoms with Crippen LogP contribution in [0.15, 0.2) is 54.7 Å². The first-order chi connectivity index (χ1) is 13.2. The molecule has 0 atom stereocenters. The van der Waals surface area contributed by atoms with Crippen LogP contribution in [0, 0.1) is 13.7 Å². The van der Waals surface area contributed by atoms with Crippen molar-refractivity contribution in [3.8, 4) is 28.1 Å². The number of hydrogen-bond acceptors (Lipinski definition) is 2. The molecule has 108 valence electrons. The summed E-state index contributed by atoms with van der Waals surface area (Å²) < 4.78 is 52.1. The molecule has 0 spiro atoms. The Kier molecular flexibility index (Phi) is 1.84. The lowest BCUT2D eigenvalue weighted by atomic mass is 9.94. The Bertz CT molecular complexity index is 1060. The van der Waals surface area contributed by atoms with Crippen molar-refractivity contribution in [2.24, 2.45) is 0 Å². The summed E-state index contributed by atoms with van der Waals surface area (Å²) in [5, 5.41) is 0. The van der Waals surface area contributed by atoms with Gasteiger partial charge in [-0.3, -0.25) is 4.98 Å². The molecule has 2 heterocycles. The number of para-hydroxylation sites is 1. The minimum absolute atomic E-state index is 0.216. The highest BCUT2D eigenvalue weighted by Crippen LogP contribution is 2.43. The highest BCUT2D eigenvalue weighted by molar-refractivity contribution is 5.83. The Morgan fingerprint density at radius 1 is 0.955 bits per heavy atom. The van der Waals surface area contributed by atoms with Gasteiger partial charge in [0, 0.05) is 25.5 Å². The molecule has 0 fully saturated rings. The normalized spacial score (nSPS) is 17.5. The van der Waals surface area contributed by atoms with E-state index in [2.05, 4.69) is 4.98 Å². The molecule has 3 aromatic rings. The Morgan fingerprint density at radius 2 is 1.77 bits per heavy atom. The van der Waals surface area contributed by atoms with Crippen LogP contribution in [0.3, 0.4) is 0 Å². The van der Waals surface area contributed by atoms with Gasteiger partial charge >= 0.3 is 0 Å². The van der Waals surface area contributed by atoms with Gasteiger partial charge in [-0.05, 0) is 48.1 Å². The lowest BCUT2D eigenvalue weighted by Crippen LogP contribution is -2.06. The maximum Gasteiger partial charge on any atom is 0.137 e. The largest absolute Gasteiger partial charge is 0.488 e. The van der Waals surface area contributed by atoms with Gasteiger partial charge in [0.1, 0.15) is 12.4 Å². The van der Waals surface area contributed by atoms with Gasteiger partial charge in [-0.25, -0.2) is 0 Å². The zero-order chi connectivity index (χ0) is 20.1. The minimum Gasteiger partial charge on any atom is -0.488 e. The van der Waals surface area contributed by atoms with E-state index in [0.717, 1.165) is 22.9 Å². The number of fused-ring (bicyclic) bond motifs is 3. The van der Waals surface area contributed by atoms with Gasteiger partial charge in [0.05, 0.1) is 5.69 Å². The highest BCUT2D eigenvalue weighted by Gasteiger charge is 2.20. The molecule has 0 bridgehead atoms. The van der Waals surface area contributed by atoms with Gasteiger partial charge in [0.15, 0.2) is 0 Å². The number of nitrogens with zero attached hydrogens (tertiary/aromatic N) is 1. The van der Waals surface area contributed by atoms with Gasteiger partial charge in [-0.1, -0.05) is 36.4 Å². The fourth-order valence-corrected chi connectivity index (χ4v) is 2.77. The molecule has 0 aliphatic carbocycles. The first kappa shape index (κ1) is 8.14. The van der Waals surface area contributed by atoms with E-state index in [4.69, 9.17) is 13.0 Å². The Balaban J connectivity index is 1.91. The van der Waals surface area contributed by atoms with Crippen LogP contribution in [-0.4, -0.2) is 4.98 Å². The summed E-state index contributed by atoms with van der Waals surface area (Å²) in [6.45, 7) is -4.72. The second kappa shape index (κ2) is 4.99. The summed E-state index contributed by atoms with van der Waals surface area (Å²) >= 11 is 0.